The normalized spacial score (nSPS) is 11.7. The van der Waals surface area contributed by atoms with Crippen LogP contribution < -0.4 is 5.73 Å². The number of para-hydroxylation sites is 1. The van der Waals surface area contributed by atoms with E-state index in [4.69, 9.17) is 5.73 Å². The number of primary amides is 1. The molecule has 1 atom stereocenters. The number of rotatable bonds is 6. The highest BCUT2D eigenvalue weighted by Crippen LogP contribution is 2.24. The van der Waals surface area contributed by atoms with Crippen LogP contribution in [0.1, 0.15) is 22.2 Å². The van der Waals surface area contributed by atoms with Crippen LogP contribution in [0.5, 0.6) is 0 Å². The molecule has 0 bridgehead atoms. The second kappa shape index (κ2) is 8.81. The predicted molar refractivity (Wildman–Crippen MR) is 117 cm³/mol. The highest BCUT2D eigenvalue weighted by Gasteiger charge is 2.30. The summed E-state index contributed by atoms with van der Waals surface area (Å²) in [6.45, 7) is 0. The molecule has 0 radical (unpaired) electrons. The van der Waals surface area contributed by atoms with Gasteiger partial charge in [0.2, 0.25) is 11.7 Å². The SMILES string of the molecule is CN(C(=O)c1nc(-c2ccccc2)n(-c2ccccc2)n1)C(C(N)=O)c1cccc(F)c1. The van der Waals surface area contributed by atoms with Crippen molar-refractivity contribution in [3.8, 4) is 17.1 Å². The third-order valence-corrected chi connectivity index (χ3v) is 4.97. The lowest BCUT2D eigenvalue weighted by atomic mass is 10.0. The Kier molecular flexibility index (Phi) is 5.76. The van der Waals surface area contributed by atoms with Crippen molar-refractivity contribution in [2.75, 3.05) is 7.05 Å². The Morgan fingerprint density at radius 3 is 2.25 bits per heavy atom. The molecule has 4 rings (SSSR count). The molecule has 0 spiro atoms. The van der Waals surface area contributed by atoms with E-state index in [0.29, 0.717) is 5.82 Å². The van der Waals surface area contributed by atoms with E-state index < -0.39 is 23.7 Å². The van der Waals surface area contributed by atoms with Crippen molar-refractivity contribution in [1.82, 2.24) is 19.7 Å². The summed E-state index contributed by atoms with van der Waals surface area (Å²) in [5, 5.41) is 4.42. The topological polar surface area (TPSA) is 94.1 Å². The van der Waals surface area contributed by atoms with Crippen molar-refractivity contribution in [2.24, 2.45) is 5.73 Å². The number of likely N-dealkylation sites (N-methyl/N-ethyl adjacent to an activating group) is 1. The van der Waals surface area contributed by atoms with Crippen LogP contribution in [-0.4, -0.2) is 38.5 Å². The van der Waals surface area contributed by atoms with Crippen molar-refractivity contribution < 1.29 is 14.0 Å². The largest absolute Gasteiger partial charge is 0.368 e. The molecule has 160 valence electrons. The second-order valence-corrected chi connectivity index (χ2v) is 7.15. The number of hydrogen-bond acceptors (Lipinski definition) is 4. The first kappa shape index (κ1) is 20.9. The second-order valence-electron chi connectivity index (χ2n) is 7.15. The van der Waals surface area contributed by atoms with Crippen LogP contribution in [0.2, 0.25) is 0 Å². The average Bonchev–Trinajstić information content (AvgIpc) is 3.25. The Morgan fingerprint density at radius 2 is 1.62 bits per heavy atom. The maximum Gasteiger partial charge on any atom is 0.294 e. The van der Waals surface area contributed by atoms with Crippen molar-refractivity contribution in [3.63, 3.8) is 0 Å². The van der Waals surface area contributed by atoms with Gasteiger partial charge < -0.3 is 10.6 Å². The zero-order valence-corrected chi connectivity index (χ0v) is 17.2. The van der Waals surface area contributed by atoms with E-state index in [9.17, 15) is 14.0 Å². The first-order chi connectivity index (χ1) is 15.5. The Hall–Kier alpha value is -4.33. The standard InChI is InChI=1S/C24H20FN5O2/c1-29(20(21(26)31)17-11-8-12-18(25)15-17)24(32)22-27-23(16-9-4-2-5-10-16)30(28-22)19-13-6-3-7-14-19/h2-15,20H,1H3,(H2,26,31). The molecule has 0 aliphatic rings. The maximum atomic E-state index is 13.7. The molecule has 7 nitrogen and oxygen atoms in total. The first-order valence-corrected chi connectivity index (χ1v) is 9.85. The highest BCUT2D eigenvalue weighted by molar-refractivity contribution is 5.95. The molecule has 32 heavy (non-hydrogen) atoms. The number of nitrogens with two attached hydrogens (primary N) is 1. The molecule has 0 fully saturated rings. The highest BCUT2D eigenvalue weighted by atomic mass is 19.1. The molecular formula is C24H20FN5O2. The number of halogens is 1. The Bertz CT molecular complexity index is 1200. The third kappa shape index (κ3) is 4.11. The number of hydrogen-bond donors (Lipinski definition) is 1. The van der Waals surface area contributed by atoms with Crippen LogP contribution in [0.4, 0.5) is 4.39 Å². The van der Waals surface area contributed by atoms with Gasteiger partial charge in [-0.2, -0.15) is 0 Å². The lowest BCUT2D eigenvalue weighted by Gasteiger charge is -2.25. The average molecular weight is 429 g/mol. The van der Waals surface area contributed by atoms with Gasteiger partial charge in [0.15, 0.2) is 5.82 Å². The van der Waals surface area contributed by atoms with Gasteiger partial charge in [0.25, 0.3) is 5.91 Å². The molecule has 1 heterocycles. The van der Waals surface area contributed by atoms with Gasteiger partial charge in [0, 0.05) is 12.6 Å². The minimum absolute atomic E-state index is 0.113. The summed E-state index contributed by atoms with van der Waals surface area (Å²) >= 11 is 0. The van der Waals surface area contributed by atoms with Gasteiger partial charge in [0.05, 0.1) is 5.69 Å². The van der Waals surface area contributed by atoms with Crippen molar-refractivity contribution in [2.45, 2.75) is 6.04 Å². The molecular weight excluding hydrogens is 409 g/mol. The lowest BCUT2D eigenvalue weighted by molar-refractivity contribution is -0.122. The quantitative estimate of drug-likeness (QED) is 0.508. The van der Waals surface area contributed by atoms with E-state index in [1.165, 1.54) is 31.3 Å². The van der Waals surface area contributed by atoms with Crippen LogP contribution in [-0.2, 0) is 4.79 Å². The minimum Gasteiger partial charge on any atom is -0.368 e. The van der Waals surface area contributed by atoms with Gasteiger partial charge in [0.1, 0.15) is 11.9 Å². The fraction of sp³-hybridized carbons (Fsp3) is 0.0833. The van der Waals surface area contributed by atoms with Gasteiger partial charge in [-0.1, -0.05) is 60.7 Å². The Morgan fingerprint density at radius 1 is 0.969 bits per heavy atom. The fourth-order valence-electron chi connectivity index (χ4n) is 3.46. The summed E-state index contributed by atoms with van der Waals surface area (Å²) in [7, 11) is 1.41. The molecule has 0 saturated heterocycles. The third-order valence-electron chi connectivity index (χ3n) is 4.97. The molecule has 0 aliphatic carbocycles. The molecule has 2 N–H and O–H groups in total. The van der Waals surface area contributed by atoms with Crippen molar-refractivity contribution in [3.05, 3.63) is 102 Å². The molecule has 8 heteroatoms. The van der Waals surface area contributed by atoms with E-state index >= 15 is 0 Å². The smallest absolute Gasteiger partial charge is 0.294 e. The number of amides is 2. The van der Waals surface area contributed by atoms with Gasteiger partial charge in [-0.25, -0.2) is 14.1 Å². The van der Waals surface area contributed by atoms with Crippen molar-refractivity contribution >= 4 is 11.8 Å². The summed E-state index contributed by atoms with van der Waals surface area (Å²) in [6.07, 6.45) is 0. The summed E-state index contributed by atoms with van der Waals surface area (Å²) in [5.41, 5.74) is 7.30. The van der Waals surface area contributed by atoms with Gasteiger partial charge in [-0.05, 0) is 29.8 Å². The van der Waals surface area contributed by atoms with Gasteiger partial charge in [-0.15, -0.1) is 5.10 Å². The molecule has 0 aliphatic heterocycles. The van der Waals surface area contributed by atoms with E-state index in [1.54, 1.807) is 4.68 Å². The monoisotopic (exact) mass is 429 g/mol. The molecule has 3 aromatic carbocycles. The molecule has 4 aromatic rings. The number of carbonyl (C=O) groups is 2. The van der Waals surface area contributed by atoms with Crippen LogP contribution >= 0.6 is 0 Å². The summed E-state index contributed by atoms with van der Waals surface area (Å²) in [5.74, 6) is -1.60. The zero-order valence-electron chi connectivity index (χ0n) is 17.2. The first-order valence-electron chi connectivity index (χ1n) is 9.85. The van der Waals surface area contributed by atoms with E-state index in [-0.39, 0.29) is 11.4 Å². The Balaban J connectivity index is 1.76. The fourth-order valence-corrected chi connectivity index (χ4v) is 3.46. The zero-order chi connectivity index (χ0) is 22.7. The molecule has 1 unspecified atom stereocenters. The number of nitrogens with zero attached hydrogens (tertiary/aromatic N) is 4. The lowest BCUT2D eigenvalue weighted by Crippen LogP contribution is -2.39. The number of benzene rings is 3. The van der Waals surface area contributed by atoms with Crippen molar-refractivity contribution in [1.29, 1.82) is 0 Å². The van der Waals surface area contributed by atoms with Gasteiger partial charge in [-0.3, -0.25) is 9.59 Å². The number of aromatic nitrogens is 3. The molecule has 1 aromatic heterocycles. The summed E-state index contributed by atoms with van der Waals surface area (Å²) < 4.78 is 15.3. The van der Waals surface area contributed by atoms with E-state index in [2.05, 4.69) is 10.1 Å². The predicted octanol–water partition coefficient (Wildman–Crippen LogP) is 3.37. The number of carbonyl (C=O) groups excluding carboxylic acids is 2. The van der Waals surface area contributed by atoms with Gasteiger partial charge >= 0.3 is 0 Å². The van der Waals surface area contributed by atoms with E-state index in [0.717, 1.165) is 16.2 Å². The van der Waals surface area contributed by atoms with Crippen LogP contribution in [0, 0.1) is 5.82 Å². The summed E-state index contributed by atoms with van der Waals surface area (Å²) in [4.78, 5) is 31.0. The maximum absolute atomic E-state index is 13.7. The molecule has 2 amide bonds. The van der Waals surface area contributed by atoms with Crippen LogP contribution in [0.3, 0.4) is 0 Å². The van der Waals surface area contributed by atoms with E-state index in [1.807, 2.05) is 60.7 Å². The van der Waals surface area contributed by atoms with Crippen LogP contribution in [0.25, 0.3) is 17.1 Å². The van der Waals surface area contributed by atoms with Crippen LogP contribution in [0.15, 0.2) is 84.9 Å². The summed E-state index contributed by atoms with van der Waals surface area (Å²) in [6, 6.07) is 22.8. The molecule has 0 saturated carbocycles. The minimum atomic E-state index is -1.18. The Labute approximate surface area is 183 Å².